The van der Waals surface area contributed by atoms with Crippen LogP contribution >= 0.6 is 43.5 Å². The first kappa shape index (κ1) is 30.7. The molecule has 0 heterocycles. The van der Waals surface area contributed by atoms with Crippen molar-refractivity contribution in [1.29, 1.82) is 0 Å². The van der Waals surface area contributed by atoms with Crippen LogP contribution in [0.4, 0.5) is 5.69 Å². The van der Waals surface area contributed by atoms with Gasteiger partial charge in [-0.3, -0.25) is 9.59 Å². The summed E-state index contributed by atoms with van der Waals surface area (Å²) in [5, 5.41) is 7.39. The number of hydrogen-bond acceptors (Lipinski definition) is 6. The number of carbonyl (C=O) groups excluding carboxylic acids is 3. The first-order valence-corrected chi connectivity index (χ1v) is 14.2. The largest absolute Gasteiger partial charge is 0.497 e. The van der Waals surface area contributed by atoms with E-state index in [1.165, 1.54) is 18.4 Å². The minimum Gasteiger partial charge on any atom is -0.497 e. The molecule has 0 bridgehead atoms. The van der Waals surface area contributed by atoms with Crippen molar-refractivity contribution >= 4 is 79.2 Å². The molecule has 2 N–H and O–H groups in total. The molecule has 0 saturated heterocycles. The molecule has 212 valence electrons. The molecule has 2 amide bonds. The number of hydrazone groups is 1. The van der Waals surface area contributed by atoms with Crippen molar-refractivity contribution < 1.29 is 23.9 Å². The Bertz CT molecular complexity index is 1670. The average Bonchev–Trinajstić information content (AvgIpc) is 2.98. The Hall–Kier alpha value is -4.25. The number of esters is 1. The second-order valence-electron chi connectivity index (χ2n) is 8.57. The molecule has 0 aliphatic heterocycles. The van der Waals surface area contributed by atoms with Crippen LogP contribution in [0.2, 0.25) is 5.02 Å². The first-order valence-electron chi connectivity index (χ1n) is 12.2. The fraction of sp³-hybridized carbons (Fsp3) is 0.0323. The van der Waals surface area contributed by atoms with E-state index in [9.17, 15) is 14.4 Å². The van der Waals surface area contributed by atoms with E-state index in [1.807, 2.05) is 0 Å². The molecular formula is C31H22Br2ClN3O5. The van der Waals surface area contributed by atoms with Crippen LogP contribution in [-0.2, 0) is 4.79 Å². The van der Waals surface area contributed by atoms with Crippen LogP contribution in [0.3, 0.4) is 0 Å². The third-order valence-corrected chi connectivity index (χ3v) is 6.93. The lowest BCUT2D eigenvalue weighted by Crippen LogP contribution is -2.18. The summed E-state index contributed by atoms with van der Waals surface area (Å²) in [6, 6.07) is 23.5. The quantitative estimate of drug-likeness (QED) is 0.0615. The molecule has 0 spiro atoms. The molecule has 0 aliphatic rings. The van der Waals surface area contributed by atoms with E-state index in [2.05, 4.69) is 47.7 Å². The Morgan fingerprint density at radius 2 is 1.62 bits per heavy atom. The predicted molar refractivity (Wildman–Crippen MR) is 170 cm³/mol. The van der Waals surface area contributed by atoms with Crippen LogP contribution in [0, 0.1) is 0 Å². The highest BCUT2D eigenvalue weighted by atomic mass is 79.9. The van der Waals surface area contributed by atoms with Gasteiger partial charge in [0, 0.05) is 37.9 Å². The molecule has 4 rings (SSSR count). The molecule has 0 radical (unpaired) electrons. The number of ether oxygens (including phenoxy) is 2. The molecule has 42 heavy (non-hydrogen) atoms. The van der Waals surface area contributed by atoms with Crippen molar-refractivity contribution in [2.45, 2.75) is 0 Å². The molecule has 0 atom stereocenters. The maximum Gasteiger partial charge on any atom is 0.336 e. The van der Waals surface area contributed by atoms with Gasteiger partial charge in [0.1, 0.15) is 5.75 Å². The summed E-state index contributed by atoms with van der Waals surface area (Å²) < 4.78 is 11.9. The molecule has 4 aromatic rings. The molecule has 0 fully saturated rings. The number of rotatable bonds is 9. The number of benzene rings is 4. The molecule has 11 heteroatoms. The van der Waals surface area contributed by atoms with Crippen molar-refractivity contribution in [2.75, 3.05) is 12.4 Å². The summed E-state index contributed by atoms with van der Waals surface area (Å²) in [6.45, 7) is 0. The Morgan fingerprint density at radius 1 is 0.881 bits per heavy atom. The van der Waals surface area contributed by atoms with Crippen molar-refractivity contribution in [3.63, 3.8) is 0 Å². The zero-order chi connectivity index (χ0) is 30.1. The standard InChI is InChI=1S/C31H22Br2ClN3O5/c1-41-26-12-8-20(9-13-26)30(39)36-25-4-2-3-21(16-25)31(40)37-35-18-22-15-23(32)17-27(33)29(22)42-28(38)14-7-19-5-10-24(34)11-6-19/h2-18H,1H3,(H,36,39)(H,37,40)/b14-7+,35-18?. The zero-order valence-corrected chi connectivity index (χ0v) is 25.9. The monoisotopic (exact) mass is 709 g/mol. The third-order valence-electron chi connectivity index (χ3n) is 5.63. The summed E-state index contributed by atoms with van der Waals surface area (Å²) in [4.78, 5) is 37.9. The Labute approximate surface area is 263 Å². The maximum atomic E-state index is 12.8. The lowest BCUT2D eigenvalue weighted by molar-refractivity contribution is -0.128. The van der Waals surface area contributed by atoms with E-state index in [0.29, 0.717) is 36.5 Å². The highest BCUT2D eigenvalue weighted by Crippen LogP contribution is 2.32. The van der Waals surface area contributed by atoms with E-state index >= 15 is 0 Å². The van der Waals surface area contributed by atoms with Gasteiger partial charge in [0.15, 0.2) is 5.75 Å². The van der Waals surface area contributed by atoms with Gasteiger partial charge in [-0.2, -0.15) is 5.10 Å². The van der Waals surface area contributed by atoms with Crippen molar-refractivity contribution in [1.82, 2.24) is 5.43 Å². The molecule has 8 nitrogen and oxygen atoms in total. The van der Waals surface area contributed by atoms with Crippen molar-refractivity contribution in [2.24, 2.45) is 5.10 Å². The maximum absolute atomic E-state index is 12.8. The number of amides is 2. The number of methoxy groups -OCH3 is 1. The minimum absolute atomic E-state index is 0.213. The van der Waals surface area contributed by atoms with Gasteiger partial charge in [0.2, 0.25) is 0 Å². The summed E-state index contributed by atoms with van der Waals surface area (Å²) in [5.41, 5.74) is 4.79. The molecule has 0 saturated carbocycles. The van der Waals surface area contributed by atoms with Gasteiger partial charge < -0.3 is 14.8 Å². The molecular weight excluding hydrogens is 690 g/mol. The number of nitrogens with zero attached hydrogens (tertiary/aromatic N) is 1. The van der Waals surface area contributed by atoms with Crippen LogP contribution < -0.4 is 20.2 Å². The lowest BCUT2D eigenvalue weighted by Gasteiger charge is -2.09. The summed E-state index contributed by atoms with van der Waals surface area (Å²) in [7, 11) is 1.55. The number of carbonyl (C=O) groups is 3. The number of anilines is 1. The fourth-order valence-electron chi connectivity index (χ4n) is 3.57. The highest BCUT2D eigenvalue weighted by molar-refractivity contribution is 9.11. The van der Waals surface area contributed by atoms with Crippen LogP contribution in [0.5, 0.6) is 11.5 Å². The normalized spacial score (nSPS) is 11.0. The third kappa shape index (κ3) is 8.62. The van der Waals surface area contributed by atoms with Gasteiger partial charge in [-0.15, -0.1) is 0 Å². The highest BCUT2D eigenvalue weighted by Gasteiger charge is 2.13. The van der Waals surface area contributed by atoms with Gasteiger partial charge in [-0.1, -0.05) is 45.7 Å². The van der Waals surface area contributed by atoms with E-state index in [0.717, 1.165) is 5.56 Å². The van der Waals surface area contributed by atoms with Gasteiger partial charge in [-0.05, 0) is 94.3 Å². The second kappa shape index (κ2) is 14.6. The Morgan fingerprint density at radius 3 is 2.33 bits per heavy atom. The second-order valence-corrected chi connectivity index (χ2v) is 10.8. The van der Waals surface area contributed by atoms with E-state index in [-0.39, 0.29) is 17.2 Å². The molecule has 0 unspecified atom stereocenters. The lowest BCUT2D eigenvalue weighted by atomic mass is 10.1. The number of nitrogens with one attached hydrogen (secondary N) is 2. The molecule has 0 aliphatic carbocycles. The van der Waals surface area contributed by atoms with E-state index in [4.69, 9.17) is 21.1 Å². The van der Waals surface area contributed by atoms with E-state index in [1.54, 1.807) is 92.0 Å². The van der Waals surface area contributed by atoms with Crippen molar-refractivity contribution in [3.8, 4) is 11.5 Å². The first-order chi connectivity index (χ1) is 20.2. The van der Waals surface area contributed by atoms with Gasteiger partial charge in [-0.25, -0.2) is 10.2 Å². The van der Waals surface area contributed by atoms with Crippen molar-refractivity contribution in [3.05, 3.63) is 127 Å². The smallest absolute Gasteiger partial charge is 0.336 e. The van der Waals surface area contributed by atoms with E-state index < -0.39 is 11.9 Å². The van der Waals surface area contributed by atoms with Gasteiger partial charge in [0.25, 0.3) is 11.8 Å². The van der Waals surface area contributed by atoms with Crippen LogP contribution in [0.25, 0.3) is 6.08 Å². The summed E-state index contributed by atoms with van der Waals surface area (Å²) >= 11 is 12.7. The fourth-order valence-corrected chi connectivity index (χ4v) is 5.03. The minimum atomic E-state index is -0.611. The molecule has 0 aromatic heterocycles. The number of hydrogen-bond donors (Lipinski definition) is 2. The van der Waals surface area contributed by atoms with Crippen LogP contribution in [-0.4, -0.2) is 31.1 Å². The predicted octanol–water partition coefficient (Wildman–Crippen LogP) is 7.51. The van der Waals surface area contributed by atoms with Gasteiger partial charge in [0.05, 0.1) is 17.8 Å². The number of halogens is 3. The zero-order valence-electron chi connectivity index (χ0n) is 21.9. The Balaban J connectivity index is 1.42. The van der Waals surface area contributed by atoms with Gasteiger partial charge >= 0.3 is 5.97 Å². The summed E-state index contributed by atoms with van der Waals surface area (Å²) in [6.07, 6.45) is 4.25. The average molecular weight is 712 g/mol. The Kier molecular flexibility index (Phi) is 10.7. The van der Waals surface area contributed by atoms with Crippen LogP contribution in [0.1, 0.15) is 31.8 Å². The molecule has 4 aromatic carbocycles. The SMILES string of the molecule is COc1ccc(C(=O)Nc2cccc(C(=O)NN=Cc3cc(Br)cc(Br)c3OC(=O)/C=C/c3ccc(Cl)cc3)c2)cc1. The topological polar surface area (TPSA) is 106 Å². The van der Waals surface area contributed by atoms with Crippen LogP contribution in [0.15, 0.2) is 105 Å². The summed E-state index contributed by atoms with van der Waals surface area (Å²) in [5.74, 6) is -0.605.